The molecule has 0 aromatic heterocycles. The number of ether oxygens (including phenoxy) is 1. The maximum atomic E-state index is 12.6. The Bertz CT molecular complexity index is 412. The second-order valence-corrected chi connectivity index (χ2v) is 7.54. The van der Waals surface area contributed by atoms with Gasteiger partial charge < -0.3 is 4.74 Å². The first-order valence-electron chi connectivity index (χ1n) is 7.95. The maximum absolute atomic E-state index is 12.6. The second-order valence-electron chi connectivity index (χ2n) is 7.54. The minimum absolute atomic E-state index is 0.00783. The highest BCUT2D eigenvalue weighted by molar-refractivity contribution is 5.88. The van der Waals surface area contributed by atoms with Gasteiger partial charge in [-0.3, -0.25) is 9.59 Å². The van der Waals surface area contributed by atoms with Crippen LogP contribution in [0.4, 0.5) is 0 Å². The molecule has 0 N–H and O–H groups in total. The van der Waals surface area contributed by atoms with Gasteiger partial charge in [-0.05, 0) is 43.9 Å². The summed E-state index contributed by atoms with van der Waals surface area (Å²) >= 11 is 0. The molecule has 0 unspecified atom stereocenters. The predicted octanol–water partition coefficient (Wildman–Crippen LogP) is 3.61. The Morgan fingerprint density at radius 1 is 1.35 bits per heavy atom. The molecule has 20 heavy (non-hydrogen) atoms. The molecule has 0 saturated heterocycles. The zero-order valence-electron chi connectivity index (χ0n) is 13.5. The Kier molecular flexibility index (Phi) is 4.01. The van der Waals surface area contributed by atoms with Gasteiger partial charge >= 0.3 is 5.97 Å². The van der Waals surface area contributed by atoms with Crippen LogP contribution in [0.5, 0.6) is 0 Å². The van der Waals surface area contributed by atoms with Gasteiger partial charge in [-0.2, -0.15) is 0 Å². The summed E-state index contributed by atoms with van der Waals surface area (Å²) in [6, 6.07) is 0. The number of carbonyl (C=O) groups excluding carboxylic acids is 2. The van der Waals surface area contributed by atoms with Crippen LogP contribution < -0.4 is 0 Å². The zero-order valence-corrected chi connectivity index (χ0v) is 13.5. The predicted molar refractivity (Wildman–Crippen MR) is 78.1 cm³/mol. The van der Waals surface area contributed by atoms with Crippen LogP contribution in [0.1, 0.15) is 60.3 Å². The average Bonchev–Trinajstić information content (AvgIpc) is 2.34. The molecular weight excluding hydrogens is 252 g/mol. The number of ketones is 1. The van der Waals surface area contributed by atoms with E-state index in [-0.39, 0.29) is 29.1 Å². The summed E-state index contributed by atoms with van der Waals surface area (Å²) in [5.41, 5.74) is -0.500. The molecule has 0 aliphatic heterocycles. The van der Waals surface area contributed by atoms with Gasteiger partial charge in [0.1, 0.15) is 5.78 Å². The summed E-state index contributed by atoms with van der Waals surface area (Å²) in [6.07, 6.45) is 3.66. The molecule has 0 amide bonds. The SMILES string of the molecule is CCOC(=O)[C@@]1(C)[C@@H](C)CC(=O)[C@@H]2[C@@H]1CCCC2(C)C. The summed E-state index contributed by atoms with van der Waals surface area (Å²) in [4.78, 5) is 25.1. The van der Waals surface area contributed by atoms with Crippen LogP contribution in [0.3, 0.4) is 0 Å². The van der Waals surface area contributed by atoms with Crippen molar-refractivity contribution in [3.8, 4) is 0 Å². The highest BCUT2D eigenvalue weighted by Gasteiger charge is 2.59. The molecule has 2 rings (SSSR count). The first kappa shape index (κ1) is 15.5. The standard InChI is InChI=1S/C17H28O3/c1-6-20-15(19)17(5)11(2)10-13(18)14-12(17)8-7-9-16(14,3)4/h11-12,14H,6-10H2,1-5H3/t11-,12-,14-,17-/m0/s1. The zero-order chi connectivity index (χ0) is 15.1. The third kappa shape index (κ3) is 2.19. The molecule has 3 heteroatoms. The van der Waals surface area contributed by atoms with Crippen LogP contribution >= 0.6 is 0 Å². The van der Waals surface area contributed by atoms with E-state index in [1.165, 1.54) is 0 Å². The van der Waals surface area contributed by atoms with E-state index in [0.29, 0.717) is 18.8 Å². The summed E-state index contributed by atoms with van der Waals surface area (Å²) in [7, 11) is 0. The second kappa shape index (κ2) is 5.16. The third-order valence-corrected chi connectivity index (χ3v) is 5.94. The fourth-order valence-electron chi connectivity index (χ4n) is 4.60. The van der Waals surface area contributed by atoms with Gasteiger partial charge in [-0.25, -0.2) is 0 Å². The lowest BCUT2D eigenvalue weighted by molar-refractivity contribution is -0.176. The van der Waals surface area contributed by atoms with E-state index >= 15 is 0 Å². The molecule has 0 aromatic carbocycles. The van der Waals surface area contributed by atoms with Gasteiger partial charge in [-0.15, -0.1) is 0 Å². The molecule has 0 aromatic rings. The van der Waals surface area contributed by atoms with Crippen molar-refractivity contribution in [3.05, 3.63) is 0 Å². The molecule has 4 atom stereocenters. The van der Waals surface area contributed by atoms with Crippen LogP contribution in [0.2, 0.25) is 0 Å². The maximum Gasteiger partial charge on any atom is 0.312 e. The van der Waals surface area contributed by atoms with E-state index in [2.05, 4.69) is 13.8 Å². The Morgan fingerprint density at radius 2 is 2.00 bits per heavy atom. The largest absolute Gasteiger partial charge is 0.466 e. The first-order valence-corrected chi connectivity index (χ1v) is 7.95. The van der Waals surface area contributed by atoms with Crippen LogP contribution in [0.25, 0.3) is 0 Å². The van der Waals surface area contributed by atoms with E-state index < -0.39 is 5.41 Å². The normalized spacial score (nSPS) is 40.0. The summed E-state index contributed by atoms with van der Waals surface area (Å²) in [5, 5.41) is 0. The lowest BCUT2D eigenvalue weighted by Gasteiger charge is -2.54. The number of hydrogen-bond acceptors (Lipinski definition) is 3. The first-order chi connectivity index (χ1) is 9.25. The van der Waals surface area contributed by atoms with E-state index in [1.807, 2.05) is 20.8 Å². The van der Waals surface area contributed by atoms with Gasteiger partial charge in [0.25, 0.3) is 0 Å². The van der Waals surface area contributed by atoms with Crippen molar-refractivity contribution in [2.75, 3.05) is 6.61 Å². The summed E-state index contributed by atoms with van der Waals surface area (Å²) < 4.78 is 5.36. The molecule has 3 nitrogen and oxygen atoms in total. The van der Waals surface area contributed by atoms with Crippen LogP contribution in [-0.4, -0.2) is 18.4 Å². The van der Waals surface area contributed by atoms with E-state index in [9.17, 15) is 9.59 Å². The average molecular weight is 280 g/mol. The van der Waals surface area contributed by atoms with Crippen LogP contribution in [0, 0.1) is 28.6 Å². The Balaban J connectivity index is 2.41. The smallest absolute Gasteiger partial charge is 0.312 e. The van der Waals surface area contributed by atoms with E-state index in [4.69, 9.17) is 4.74 Å². The number of rotatable bonds is 2. The van der Waals surface area contributed by atoms with Crippen LogP contribution in [0.15, 0.2) is 0 Å². The van der Waals surface area contributed by atoms with Crippen molar-refractivity contribution in [2.24, 2.45) is 28.6 Å². The van der Waals surface area contributed by atoms with Crippen molar-refractivity contribution in [3.63, 3.8) is 0 Å². The van der Waals surface area contributed by atoms with Crippen molar-refractivity contribution in [2.45, 2.75) is 60.3 Å². The van der Waals surface area contributed by atoms with Gasteiger partial charge in [0.05, 0.1) is 12.0 Å². The Labute approximate surface area is 122 Å². The molecule has 0 bridgehead atoms. The molecule has 2 fully saturated rings. The molecule has 114 valence electrons. The van der Waals surface area contributed by atoms with Crippen molar-refractivity contribution >= 4 is 11.8 Å². The van der Waals surface area contributed by atoms with Crippen molar-refractivity contribution in [1.29, 1.82) is 0 Å². The molecule has 2 saturated carbocycles. The number of carbonyl (C=O) groups is 2. The molecule has 2 aliphatic carbocycles. The molecular formula is C17H28O3. The van der Waals surface area contributed by atoms with Crippen molar-refractivity contribution < 1.29 is 14.3 Å². The van der Waals surface area contributed by atoms with E-state index in [0.717, 1.165) is 19.3 Å². The Morgan fingerprint density at radius 3 is 2.60 bits per heavy atom. The lowest BCUT2D eigenvalue weighted by atomic mass is 9.48. The topological polar surface area (TPSA) is 43.4 Å². The fourth-order valence-corrected chi connectivity index (χ4v) is 4.60. The molecule has 0 spiro atoms. The number of Topliss-reactive ketones (excluding diaryl/α,β-unsaturated/α-hetero) is 1. The van der Waals surface area contributed by atoms with Crippen molar-refractivity contribution in [1.82, 2.24) is 0 Å². The fraction of sp³-hybridized carbons (Fsp3) is 0.882. The Hall–Kier alpha value is -0.860. The van der Waals surface area contributed by atoms with Gasteiger partial charge in [0.2, 0.25) is 0 Å². The van der Waals surface area contributed by atoms with Crippen LogP contribution in [-0.2, 0) is 14.3 Å². The third-order valence-electron chi connectivity index (χ3n) is 5.94. The van der Waals surface area contributed by atoms with Gasteiger partial charge in [0.15, 0.2) is 0 Å². The molecule has 2 aliphatic rings. The van der Waals surface area contributed by atoms with Gasteiger partial charge in [0, 0.05) is 12.3 Å². The highest BCUT2D eigenvalue weighted by Crippen LogP contribution is 2.57. The quantitative estimate of drug-likeness (QED) is 0.726. The van der Waals surface area contributed by atoms with E-state index in [1.54, 1.807) is 0 Å². The monoisotopic (exact) mass is 280 g/mol. The van der Waals surface area contributed by atoms with Gasteiger partial charge in [-0.1, -0.05) is 27.2 Å². The molecule has 0 radical (unpaired) electrons. The number of hydrogen-bond donors (Lipinski definition) is 0. The lowest BCUT2D eigenvalue weighted by Crippen LogP contribution is -2.57. The molecule has 0 heterocycles. The number of esters is 1. The number of fused-ring (bicyclic) bond motifs is 1. The summed E-state index contributed by atoms with van der Waals surface area (Å²) in [6.45, 7) is 10.7. The summed E-state index contributed by atoms with van der Waals surface area (Å²) in [5.74, 6) is 0.481. The minimum atomic E-state index is -0.508. The highest BCUT2D eigenvalue weighted by atomic mass is 16.5. The minimum Gasteiger partial charge on any atom is -0.466 e.